The lowest BCUT2D eigenvalue weighted by molar-refractivity contribution is -0.123. The smallest absolute Gasteiger partial charge is 0.258 e. The van der Waals surface area contributed by atoms with E-state index in [-0.39, 0.29) is 23.8 Å². The Morgan fingerprint density at radius 1 is 1.09 bits per heavy atom. The summed E-state index contributed by atoms with van der Waals surface area (Å²) in [5.74, 6) is -1.75. The van der Waals surface area contributed by atoms with Gasteiger partial charge in [0.25, 0.3) is 5.56 Å². The third-order valence-electron chi connectivity index (χ3n) is 4.87. The van der Waals surface area contributed by atoms with Crippen molar-refractivity contribution in [3.05, 3.63) is 67.4 Å². The number of aromatic nitrogens is 2. The summed E-state index contributed by atoms with van der Waals surface area (Å²) in [7, 11) is 1.44. The van der Waals surface area contributed by atoms with Gasteiger partial charge >= 0.3 is 0 Å². The van der Waals surface area contributed by atoms with Gasteiger partial charge in [0.2, 0.25) is 17.8 Å². The van der Waals surface area contributed by atoms with Crippen molar-refractivity contribution in [1.82, 2.24) is 9.97 Å². The number of anilines is 4. The van der Waals surface area contributed by atoms with Crippen molar-refractivity contribution in [2.45, 2.75) is 12.3 Å². The van der Waals surface area contributed by atoms with Crippen LogP contribution in [0.4, 0.5) is 23.1 Å². The molecule has 12 heteroatoms. The summed E-state index contributed by atoms with van der Waals surface area (Å²) in [4.78, 5) is 45.1. The molecule has 0 fully saturated rings. The molecule has 33 heavy (non-hydrogen) atoms. The van der Waals surface area contributed by atoms with Crippen molar-refractivity contribution in [2.75, 3.05) is 23.1 Å². The molecule has 2 aromatic carbocycles. The van der Waals surface area contributed by atoms with Gasteiger partial charge in [-0.1, -0.05) is 34.8 Å². The van der Waals surface area contributed by atoms with Crippen LogP contribution in [0.25, 0.3) is 0 Å². The standard InChI is InChI=1S/C21H16Cl3N5O4/c1-33-15-5-3-10(23)7-14(15)25-19(31)11-8-16(30)27-18-17(11)20(32)29-21(28-18)26-13-4-2-9(22)6-12(13)24/h2-7,11H,8H2,1H3,(H,25,31)(H3,26,27,28,29,30,32)/t11-/m1/s1. The average Bonchev–Trinajstić information content (AvgIpc) is 2.75. The van der Waals surface area contributed by atoms with Crippen LogP contribution in [0.3, 0.4) is 0 Å². The minimum atomic E-state index is -1.08. The van der Waals surface area contributed by atoms with E-state index in [2.05, 4.69) is 25.9 Å². The van der Waals surface area contributed by atoms with Crippen LogP contribution in [0.1, 0.15) is 17.9 Å². The normalized spacial score (nSPS) is 14.8. The number of nitrogens with one attached hydrogen (secondary N) is 4. The Labute approximate surface area is 202 Å². The molecule has 1 atom stereocenters. The van der Waals surface area contributed by atoms with Crippen LogP contribution in [0.2, 0.25) is 15.1 Å². The number of hydrogen-bond donors (Lipinski definition) is 4. The minimum absolute atomic E-state index is 0.0270. The van der Waals surface area contributed by atoms with E-state index in [0.717, 1.165) is 0 Å². The number of hydrogen-bond acceptors (Lipinski definition) is 6. The molecule has 4 N–H and O–H groups in total. The number of amides is 2. The molecule has 9 nitrogen and oxygen atoms in total. The summed E-state index contributed by atoms with van der Waals surface area (Å²) in [6, 6.07) is 9.45. The zero-order valence-electron chi connectivity index (χ0n) is 17.0. The lowest BCUT2D eigenvalue weighted by atomic mass is 9.92. The molecule has 1 aliphatic rings. The Hall–Kier alpha value is -3.27. The molecule has 0 spiro atoms. The highest BCUT2D eigenvalue weighted by Gasteiger charge is 2.35. The Morgan fingerprint density at radius 3 is 2.55 bits per heavy atom. The fraction of sp³-hybridized carbons (Fsp3) is 0.143. The third kappa shape index (κ3) is 4.90. The van der Waals surface area contributed by atoms with E-state index >= 15 is 0 Å². The van der Waals surface area contributed by atoms with Gasteiger partial charge in [0.15, 0.2) is 0 Å². The molecule has 0 radical (unpaired) electrons. The average molecular weight is 509 g/mol. The molecule has 3 aromatic rings. The SMILES string of the molecule is COc1ccc(Cl)cc1NC(=O)[C@@H]1CC(=O)Nc2nc(Nc3ccc(Cl)cc3Cl)[nH]c(=O)c21. The Kier molecular flexibility index (Phi) is 6.46. The molecule has 0 saturated heterocycles. The van der Waals surface area contributed by atoms with E-state index in [1.54, 1.807) is 24.3 Å². The topological polar surface area (TPSA) is 125 Å². The number of H-pyrrole nitrogens is 1. The number of benzene rings is 2. The number of carbonyl (C=O) groups excluding carboxylic acids is 2. The summed E-state index contributed by atoms with van der Waals surface area (Å²) in [5.41, 5.74) is 0.183. The molecule has 2 amide bonds. The first-order chi connectivity index (χ1) is 15.7. The highest BCUT2D eigenvalue weighted by molar-refractivity contribution is 6.36. The van der Waals surface area contributed by atoms with Crippen LogP contribution in [0.5, 0.6) is 5.75 Å². The van der Waals surface area contributed by atoms with Crippen LogP contribution in [0.15, 0.2) is 41.2 Å². The monoisotopic (exact) mass is 507 g/mol. The van der Waals surface area contributed by atoms with Gasteiger partial charge in [0.05, 0.1) is 35.0 Å². The van der Waals surface area contributed by atoms with Crippen LogP contribution in [-0.4, -0.2) is 28.9 Å². The van der Waals surface area contributed by atoms with Crippen molar-refractivity contribution in [3.8, 4) is 5.75 Å². The van der Waals surface area contributed by atoms with Crippen molar-refractivity contribution in [1.29, 1.82) is 0 Å². The second kappa shape index (κ2) is 9.30. The molecule has 0 saturated carbocycles. The highest BCUT2D eigenvalue weighted by Crippen LogP contribution is 2.33. The van der Waals surface area contributed by atoms with Gasteiger partial charge in [-0.05, 0) is 36.4 Å². The van der Waals surface area contributed by atoms with E-state index < -0.39 is 23.3 Å². The highest BCUT2D eigenvalue weighted by atomic mass is 35.5. The van der Waals surface area contributed by atoms with Gasteiger partial charge in [-0.3, -0.25) is 19.4 Å². The number of nitrogens with zero attached hydrogens (tertiary/aromatic N) is 1. The van der Waals surface area contributed by atoms with Crippen molar-refractivity contribution in [3.63, 3.8) is 0 Å². The van der Waals surface area contributed by atoms with Gasteiger partial charge in [-0.2, -0.15) is 4.98 Å². The predicted molar refractivity (Wildman–Crippen MR) is 127 cm³/mol. The molecule has 0 unspecified atom stereocenters. The van der Waals surface area contributed by atoms with E-state index in [1.165, 1.54) is 19.2 Å². The second-order valence-corrected chi connectivity index (χ2v) is 8.34. The van der Waals surface area contributed by atoms with Gasteiger partial charge in [0, 0.05) is 16.5 Å². The Morgan fingerprint density at radius 2 is 1.82 bits per heavy atom. The zero-order valence-corrected chi connectivity index (χ0v) is 19.2. The number of methoxy groups -OCH3 is 1. The Balaban J connectivity index is 1.66. The number of ether oxygens (including phenoxy) is 1. The third-order valence-corrected chi connectivity index (χ3v) is 5.65. The van der Waals surface area contributed by atoms with E-state index in [4.69, 9.17) is 39.5 Å². The quantitative estimate of drug-likeness (QED) is 0.401. The van der Waals surface area contributed by atoms with Gasteiger partial charge < -0.3 is 20.7 Å². The van der Waals surface area contributed by atoms with Crippen molar-refractivity contribution < 1.29 is 14.3 Å². The first-order valence-corrected chi connectivity index (χ1v) is 10.7. The summed E-state index contributed by atoms with van der Waals surface area (Å²) in [6.45, 7) is 0. The fourth-order valence-electron chi connectivity index (χ4n) is 3.37. The maximum Gasteiger partial charge on any atom is 0.258 e. The first kappa shape index (κ1) is 22.9. The van der Waals surface area contributed by atoms with E-state index in [1.807, 2.05) is 0 Å². The van der Waals surface area contributed by atoms with Gasteiger partial charge in [-0.15, -0.1) is 0 Å². The lowest BCUT2D eigenvalue weighted by Crippen LogP contribution is -2.36. The lowest BCUT2D eigenvalue weighted by Gasteiger charge is -2.24. The molecule has 0 aliphatic carbocycles. The number of rotatable bonds is 5. The van der Waals surface area contributed by atoms with E-state index in [9.17, 15) is 14.4 Å². The summed E-state index contributed by atoms with van der Waals surface area (Å²) in [5, 5.41) is 9.21. The van der Waals surface area contributed by atoms with Gasteiger partial charge in [0.1, 0.15) is 11.6 Å². The summed E-state index contributed by atoms with van der Waals surface area (Å²) in [6.07, 6.45) is -0.234. The van der Waals surface area contributed by atoms with Crippen molar-refractivity contribution in [2.24, 2.45) is 0 Å². The predicted octanol–water partition coefficient (Wildman–Crippen LogP) is 4.55. The largest absolute Gasteiger partial charge is 0.495 e. The number of aromatic amines is 1. The molecule has 1 aromatic heterocycles. The second-order valence-electron chi connectivity index (χ2n) is 7.06. The maximum absolute atomic E-state index is 13.0. The maximum atomic E-state index is 13.0. The molecular weight excluding hydrogens is 493 g/mol. The number of carbonyl (C=O) groups is 2. The summed E-state index contributed by atoms with van der Waals surface area (Å²) < 4.78 is 5.23. The Bertz CT molecular complexity index is 1330. The zero-order chi connectivity index (χ0) is 23.7. The molecule has 0 bridgehead atoms. The molecule has 170 valence electrons. The van der Waals surface area contributed by atoms with Crippen LogP contribution < -0.4 is 26.2 Å². The summed E-state index contributed by atoms with van der Waals surface area (Å²) >= 11 is 18.1. The minimum Gasteiger partial charge on any atom is -0.495 e. The van der Waals surface area contributed by atoms with Crippen molar-refractivity contribution >= 4 is 69.8 Å². The number of fused-ring (bicyclic) bond motifs is 1. The number of halogens is 3. The molecular formula is C21H16Cl3N5O4. The van der Waals surface area contributed by atoms with E-state index in [0.29, 0.717) is 32.2 Å². The first-order valence-electron chi connectivity index (χ1n) is 9.55. The van der Waals surface area contributed by atoms with Crippen LogP contribution in [0, 0.1) is 0 Å². The van der Waals surface area contributed by atoms with Crippen LogP contribution >= 0.6 is 34.8 Å². The molecule has 4 rings (SSSR count). The fourth-order valence-corrected chi connectivity index (χ4v) is 4.00. The molecule has 2 heterocycles. The van der Waals surface area contributed by atoms with Crippen LogP contribution in [-0.2, 0) is 9.59 Å². The van der Waals surface area contributed by atoms with Gasteiger partial charge in [-0.25, -0.2) is 0 Å². The molecule has 1 aliphatic heterocycles.